The monoisotopic (exact) mass is 554 g/mol. The summed E-state index contributed by atoms with van der Waals surface area (Å²) in [5.41, 5.74) is 1.68. The van der Waals surface area contributed by atoms with Crippen molar-refractivity contribution in [1.29, 1.82) is 0 Å². The standard InChI is InChI=1S/C36H26O6/c37-33-19-31(35(38)41-21-32-28-14-5-3-10-24(28)17-25-11-4-6-15-29(25)32)34(42-33)36(39)40-20-27-13-7-12-26-16-22-8-1-2-9-23(22)18-30(26)27/h1-18,31,34H,19-21H2. The van der Waals surface area contributed by atoms with Crippen LogP contribution in [-0.4, -0.2) is 24.0 Å². The summed E-state index contributed by atoms with van der Waals surface area (Å²) in [6.07, 6.45) is -1.60. The van der Waals surface area contributed by atoms with Crippen LogP contribution in [0.25, 0.3) is 43.1 Å². The largest absolute Gasteiger partial charge is 0.460 e. The van der Waals surface area contributed by atoms with E-state index < -0.39 is 29.9 Å². The summed E-state index contributed by atoms with van der Waals surface area (Å²) in [4.78, 5) is 38.6. The van der Waals surface area contributed by atoms with Crippen molar-refractivity contribution in [1.82, 2.24) is 0 Å². The zero-order chi connectivity index (χ0) is 28.6. The molecule has 6 aromatic rings. The number of hydrogen-bond donors (Lipinski definition) is 0. The maximum Gasteiger partial charge on any atom is 0.348 e. The number of benzene rings is 6. The normalized spacial score (nSPS) is 16.6. The Kier molecular flexibility index (Phi) is 6.51. The van der Waals surface area contributed by atoms with Crippen LogP contribution in [-0.2, 0) is 41.8 Å². The third-order valence-corrected chi connectivity index (χ3v) is 7.99. The van der Waals surface area contributed by atoms with Crippen molar-refractivity contribution in [2.45, 2.75) is 25.7 Å². The van der Waals surface area contributed by atoms with Crippen LogP contribution in [0.5, 0.6) is 0 Å². The second-order valence-electron chi connectivity index (χ2n) is 10.6. The molecule has 42 heavy (non-hydrogen) atoms. The van der Waals surface area contributed by atoms with E-state index in [9.17, 15) is 14.4 Å². The minimum Gasteiger partial charge on any atom is -0.460 e. The van der Waals surface area contributed by atoms with E-state index in [1.54, 1.807) is 0 Å². The van der Waals surface area contributed by atoms with Crippen LogP contribution >= 0.6 is 0 Å². The smallest absolute Gasteiger partial charge is 0.348 e. The summed E-state index contributed by atoms with van der Waals surface area (Å²) in [6.45, 7) is -0.0244. The Balaban J connectivity index is 1.09. The lowest BCUT2D eigenvalue weighted by Crippen LogP contribution is -2.34. The second kappa shape index (κ2) is 10.6. The molecule has 0 radical (unpaired) electrons. The molecule has 6 nitrogen and oxygen atoms in total. The van der Waals surface area contributed by atoms with Crippen LogP contribution in [0.1, 0.15) is 17.5 Å². The number of fused-ring (bicyclic) bond motifs is 4. The first-order chi connectivity index (χ1) is 20.5. The zero-order valence-electron chi connectivity index (χ0n) is 22.6. The first-order valence-corrected chi connectivity index (χ1v) is 13.9. The maximum absolute atomic E-state index is 13.3. The highest BCUT2D eigenvalue weighted by Crippen LogP contribution is 2.31. The average Bonchev–Trinajstić information content (AvgIpc) is 3.42. The van der Waals surface area contributed by atoms with E-state index in [-0.39, 0.29) is 19.6 Å². The molecule has 2 unspecified atom stereocenters. The lowest BCUT2D eigenvalue weighted by atomic mass is 9.97. The molecule has 6 aromatic carbocycles. The lowest BCUT2D eigenvalue weighted by molar-refractivity contribution is -0.168. The predicted octanol–water partition coefficient (Wildman–Crippen LogP) is 7.02. The molecule has 1 aliphatic rings. The van der Waals surface area contributed by atoms with Crippen LogP contribution in [0.3, 0.4) is 0 Å². The summed E-state index contributed by atoms with van der Waals surface area (Å²) < 4.78 is 16.6. The fourth-order valence-electron chi connectivity index (χ4n) is 5.88. The first kappa shape index (κ1) is 25.7. The van der Waals surface area contributed by atoms with Gasteiger partial charge < -0.3 is 14.2 Å². The number of rotatable bonds is 6. The molecule has 1 aliphatic heterocycles. The second-order valence-corrected chi connectivity index (χ2v) is 10.6. The average molecular weight is 555 g/mol. The summed E-state index contributed by atoms with van der Waals surface area (Å²) in [5.74, 6) is -3.15. The van der Waals surface area contributed by atoms with Gasteiger partial charge in [0.2, 0.25) is 6.10 Å². The van der Waals surface area contributed by atoms with Crippen LogP contribution in [0, 0.1) is 5.92 Å². The van der Waals surface area contributed by atoms with Crippen LogP contribution in [0.4, 0.5) is 0 Å². The van der Waals surface area contributed by atoms with Crippen molar-refractivity contribution >= 4 is 61.0 Å². The molecule has 0 spiro atoms. The van der Waals surface area contributed by atoms with Gasteiger partial charge in [-0.2, -0.15) is 0 Å². The van der Waals surface area contributed by atoms with Gasteiger partial charge in [0.25, 0.3) is 0 Å². The van der Waals surface area contributed by atoms with Crippen LogP contribution in [0.15, 0.2) is 109 Å². The summed E-state index contributed by atoms with van der Waals surface area (Å²) in [5, 5.41) is 8.20. The summed E-state index contributed by atoms with van der Waals surface area (Å²) in [6, 6.07) is 36.0. The number of esters is 3. The van der Waals surface area contributed by atoms with Crippen molar-refractivity contribution in [2.24, 2.45) is 5.92 Å². The Morgan fingerprint density at radius 2 is 1.17 bits per heavy atom. The molecule has 206 valence electrons. The van der Waals surface area contributed by atoms with Crippen molar-refractivity contribution in [2.75, 3.05) is 0 Å². The molecule has 6 heteroatoms. The summed E-state index contributed by atoms with van der Waals surface area (Å²) in [7, 11) is 0. The Morgan fingerprint density at radius 1 is 0.619 bits per heavy atom. The van der Waals surface area contributed by atoms with Crippen molar-refractivity contribution in [3.05, 3.63) is 120 Å². The number of hydrogen-bond acceptors (Lipinski definition) is 6. The van der Waals surface area contributed by atoms with E-state index in [1.807, 2.05) is 84.9 Å². The van der Waals surface area contributed by atoms with Gasteiger partial charge in [0.15, 0.2) is 0 Å². The molecule has 0 aromatic heterocycles. The number of ether oxygens (including phenoxy) is 3. The van der Waals surface area contributed by atoms with Crippen molar-refractivity contribution < 1.29 is 28.6 Å². The maximum atomic E-state index is 13.3. The quantitative estimate of drug-likeness (QED) is 0.125. The summed E-state index contributed by atoms with van der Waals surface area (Å²) >= 11 is 0. The number of carbonyl (C=O) groups excluding carboxylic acids is 3. The molecule has 1 saturated heterocycles. The molecule has 0 N–H and O–H groups in total. The minimum atomic E-state index is -1.36. The van der Waals surface area contributed by atoms with E-state index in [0.717, 1.165) is 54.2 Å². The highest BCUT2D eigenvalue weighted by Gasteiger charge is 2.46. The van der Waals surface area contributed by atoms with E-state index >= 15 is 0 Å². The highest BCUT2D eigenvalue weighted by atomic mass is 16.6. The Bertz CT molecular complexity index is 1970. The molecular formula is C36H26O6. The van der Waals surface area contributed by atoms with Gasteiger partial charge in [-0.3, -0.25) is 9.59 Å². The van der Waals surface area contributed by atoms with Gasteiger partial charge in [-0.25, -0.2) is 4.79 Å². The van der Waals surface area contributed by atoms with Gasteiger partial charge in [0.05, 0.1) is 6.42 Å². The van der Waals surface area contributed by atoms with E-state index in [4.69, 9.17) is 14.2 Å². The van der Waals surface area contributed by atoms with Crippen LogP contribution < -0.4 is 0 Å². The third-order valence-electron chi connectivity index (χ3n) is 7.99. The fourth-order valence-corrected chi connectivity index (χ4v) is 5.88. The molecule has 1 fully saturated rings. The Labute approximate surface area is 241 Å². The Hall–Kier alpha value is -5.23. The van der Waals surface area contributed by atoms with Crippen molar-refractivity contribution in [3.63, 3.8) is 0 Å². The molecule has 7 rings (SSSR count). The minimum absolute atomic E-state index is 0.00286. The van der Waals surface area contributed by atoms with Gasteiger partial charge in [0.1, 0.15) is 19.1 Å². The van der Waals surface area contributed by atoms with E-state index in [2.05, 4.69) is 24.3 Å². The highest BCUT2D eigenvalue weighted by molar-refractivity contribution is 6.02. The first-order valence-electron chi connectivity index (χ1n) is 13.9. The van der Waals surface area contributed by atoms with Gasteiger partial charge in [-0.1, -0.05) is 91.0 Å². The predicted molar refractivity (Wildman–Crippen MR) is 160 cm³/mol. The Morgan fingerprint density at radius 3 is 1.88 bits per heavy atom. The van der Waals surface area contributed by atoms with E-state index in [1.165, 1.54) is 0 Å². The molecule has 0 saturated carbocycles. The molecule has 0 amide bonds. The van der Waals surface area contributed by atoms with E-state index in [0.29, 0.717) is 0 Å². The topological polar surface area (TPSA) is 78.9 Å². The third kappa shape index (κ3) is 4.71. The van der Waals surface area contributed by atoms with Gasteiger partial charge in [-0.05, 0) is 66.9 Å². The molecule has 0 bridgehead atoms. The number of carbonyl (C=O) groups is 3. The van der Waals surface area contributed by atoms with Gasteiger partial charge in [-0.15, -0.1) is 0 Å². The molecular weight excluding hydrogens is 528 g/mol. The number of cyclic esters (lactones) is 1. The molecule has 2 atom stereocenters. The molecule has 0 aliphatic carbocycles. The van der Waals surface area contributed by atoms with Gasteiger partial charge in [0, 0.05) is 5.56 Å². The van der Waals surface area contributed by atoms with Gasteiger partial charge >= 0.3 is 17.9 Å². The SMILES string of the molecule is O=C1CC(C(=O)OCc2c3ccccc3cc3ccccc23)C(C(=O)OCc2cccc3cc4ccccc4cc23)O1. The van der Waals surface area contributed by atoms with Crippen LogP contribution in [0.2, 0.25) is 0 Å². The molecule has 1 heterocycles. The zero-order valence-corrected chi connectivity index (χ0v) is 22.6. The lowest BCUT2D eigenvalue weighted by Gasteiger charge is -2.17. The van der Waals surface area contributed by atoms with Crippen molar-refractivity contribution in [3.8, 4) is 0 Å². The fraction of sp³-hybridized carbons (Fsp3) is 0.139.